The average molecular weight is 265 g/mol. The lowest BCUT2D eigenvalue weighted by Gasteiger charge is -2.18. The molecule has 0 saturated heterocycles. The van der Waals surface area contributed by atoms with Crippen LogP contribution in [0.4, 0.5) is 5.95 Å². The Kier molecular flexibility index (Phi) is 3.41. The van der Waals surface area contributed by atoms with E-state index in [2.05, 4.69) is 26.0 Å². The number of aliphatic imine (C=N–C) groups is 1. The Hall–Kier alpha value is -2.12. The van der Waals surface area contributed by atoms with Crippen molar-refractivity contribution in [1.29, 1.82) is 0 Å². The number of nitrogen functional groups attached to an aromatic ring is 1. The summed E-state index contributed by atoms with van der Waals surface area (Å²) < 4.78 is 0.954. The van der Waals surface area contributed by atoms with Crippen LogP contribution in [0, 0.1) is 0 Å². The van der Waals surface area contributed by atoms with Gasteiger partial charge in [-0.25, -0.2) is 0 Å². The minimum Gasteiger partial charge on any atom is -0.333 e. The summed E-state index contributed by atoms with van der Waals surface area (Å²) in [6.45, 7) is 6.47. The third-order valence-electron chi connectivity index (χ3n) is 2.80. The summed E-state index contributed by atoms with van der Waals surface area (Å²) in [5.41, 5.74) is 5.21. The molecule has 0 atom stereocenters. The Morgan fingerprint density at radius 1 is 1.26 bits per heavy atom. The monoisotopic (exact) mass is 265 g/mol. The van der Waals surface area contributed by atoms with Crippen molar-refractivity contribution in [3.8, 4) is 0 Å². The second-order valence-electron chi connectivity index (χ2n) is 5.48. The number of amidine groups is 1. The summed E-state index contributed by atoms with van der Waals surface area (Å²) in [6, 6.07) is 0. The molecule has 4 N–H and O–H groups in total. The molecule has 0 radical (unpaired) electrons. The molecule has 0 bridgehead atoms. The molecule has 0 spiro atoms. The number of hydrogen-bond donors (Lipinski definition) is 3. The molecule has 1 aromatic heterocycles. The molecule has 1 aliphatic rings. The van der Waals surface area contributed by atoms with Crippen molar-refractivity contribution in [1.82, 2.24) is 20.3 Å². The Morgan fingerprint density at radius 3 is 2.58 bits per heavy atom. The molecule has 0 fully saturated rings. The van der Waals surface area contributed by atoms with Crippen molar-refractivity contribution in [3.63, 3.8) is 0 Å². The number of hydrazine groups is 1. The zero-order chi connectivity index (χ0) is 14.0. The van der Waals surface area contributed by atoms with Crippen LogP contribution < -0.4 is 22.3 Å². The van der Waals surface area contributed by atoms with E-state index >= 15 is 0 Å². The van der Waals surface area contributed by atoms with Gasteiger partial charge < -0.3 is 5.84 Å². The predicted octanol–water partition coefficient (Wildman–Crippen LogP) is -0.242. The van der Waals surface area contributed by atoms with Crippen LogP contribution in [0.15, 0.2) is 9.79 Å². The van der Waals surface area contributed by atoms with Crippen LogP contribution in [0.5, 0.6) is 0 Å². The van der Waals surface area contributed by atoms with E-state index in [4.69, 9.17) is 5.84 Å². The molecule has 2 rings (SSSR count). The summed E-state index contributed by atoms with van der Waals surface area (Å²) in [5, 5.41) is 7.88. The van der Waals surface area contributed by atoms with Crippen LogP contribution in [0.1, 0.15) is 39.3 Å². The molecule has 2 heterocycles. The van der Waals surface area contributed by atoms with Gasteiger partial charge in [0.1, 0.15) is 11.5 Å². The smallest absolute Gasteiger partial charge is 0.295 e. The number of nitrogens with zero attached hydrogens (tertiary/aromatic N) is 4. The van der Waals surface area contributed by atoms with Gasteiger partial charge in [0.2, 0.25) is 0 Å². The van der Waals surface area contributed by atoms with Gasteiger partial charge >= 0.3 is 0 Å². The fraction of sp³-hybridized carbons (Fsp3) is 0.636. The van der Waals surface area contributed by atoms with E-state index in [0.717, 1.165) is 29.9 Å². The Balaban J connectivity index is 2.19. The fourth-order valence-corrected chi connectivity index (χ4v) is 1.72. The SMILES string of the molecule is CC(C)(C)c1nnc(NNC2=NCCC2)n(N)c1=O. The summed E-state index contributed by atoms with van der Waals surface area (Å²) in [7, 11) is 0. The summed E-state index contributed by atoms with van der Waals surface area (Å²) in [4.78, 5) is 16.3. The van der Waals surface area contributed by atoms with Crippen molar-refractivity contribution < 1.29 is 0 Å². The van der Waals surface area contributed by atoms with Gasteiger partial charge in [0, 0.05) is 18.4 Å². The largest absolute Gasteiger partial charge is 0.333 e. The van der Waals surface area contributed by atoms with Crippen molar-refractivity contribution in [2.75, 3.05) is 17.8 Å². The maximum atomic E-state index is 12.1. The molecule has 104 valence electrons. The van der Waals surface area contributed by atoms with Gasteiger partial charge in [-0.15, -0.1) is 10.2 Å². The average Bonchev–Trinajstić information content (AvgIpc) is 2.82. The van der Waals surface area contributed by atoms with Crippen molar-refractivity contribution in [2.45, 2.75) is 39.0 Å². The number of hydrogen-bond acceptors (Lipinski definition) is 7. The van der Waals surface area contributed by atoms with E-state index in [1.54, 1.807) is 0 Å². The third kappa shape index (κ3) is 2.83. The molecule has 8 nitrogen and oxygen atoms in total. The molecular weight excluding hydrogens is 246 g/mol. The van der Waals surface area contributed by atoms with Crippen LogP contribution in [0.25, 0.3) is 0 Å². The number of anilines is 1. The topological polar surface area (TPSA) is 110 Å². The molecule has 8 heteroatoms. The first-order valence-electron chi connectivity index (χ1n) is 6.20. The minimum absolute atomic E-state index is 0.160. The highest BCUT2D eigenvalue weighted by molar-refractivity contribution is 5.84. The van der Waals surface area contributed by atoms with E-state index in [0.29, 0.717) is 5.69 Å². The van der Waals surface area contributed by atoms with Crippen molar-refractivity contribution in [3.05, 3.63) is 16.0 Å². The van der Waals surface area contributed by atoms with E-state index in [1.807, 2.05) is 20.8 Å². The fourth-order valence-electron chi connectivity index (χ4n) is 1.72. The van der Waals surface area contributed by atoms with E-state index in [1.165, 1.54) is 0 Å². The minimum atomic E-state index is -0.396. The molecule has 0 saturated carbocycles. The van der Waals surface area contributed by atoms with E-state index in [9.17, 15) is 4.79 Å². The molecule has 0 amide bonds. The highest BCUT2D eigenvalue weighted by Crippen LogP contribution is 2.15. The van der Waals surface area contributed by atoms with E-state index in [-0.39, 0.29) is 11.5 Å². The van der Waals surface area contributed by atoms with E-state index < -0.39 is 5.41 Å². The maximum Gasteiger partial charge on any atom is 0.295 e. The first kappa shape index (κ1) is 13.3. The molecule has 1 aromatic rings. The Bertz CT molecular complexity index is 555. The Labute approximate surface area is 111 Å². The molecule has 19 heavy (non-hydrogen) atoms. The predicted molar refractivity (Wildman–Crippen MR) is 73.4 cm³/mol. The second kappa shape index (κ2) is 4.87. The normalized spacial score (nSPS) is 15.2. The zero-order valence-electron chi connectivity index (χ0n) is 11.4. The first-order chi connectivity index (χ1) is 8.89. The maximum absolute atomic E-state index is 12.1. The third-order valence-corrected chi connectivity index (χ3v) is 2.80. The highest BCUT2D eigenvalue weighted by Gasteiger charge is 2.22. The van der Waals surface area contributed by atoms with Crippen molar-refractivity contribution >= 4 is 11.8 Å². The second-order valence-corrected chi connectivity index (χ2v) is 5.48. The lowest BCUT2D eigenvalue weighted by molar-refractivity contribution is 0.538. The molecule has 0 unspecified atom stereocenters. The number of nitrogens with one attached hydrogen (secondary N) is 2. The summed E-state index contributed by atoms with van der Waals surface area (Å²) in [6.07, 6.45) is 1.89. The number of nitrogens with two attached hydrogens (primary N) is 1. The molecule has 0 aromatic carbocycles. The quantitative estimate of drug-likeness (QED) is 0.503. The number of rotatable bonds is 2. The van der Waals surface area contributed by atoms with Gasteiger partial charge in [-0.1, -0.05) is 20.8 Å². The summed E-state index contributed by atoms with van der Waals surface area (Å²) >= 11 is 0. The lowest BCUT2D eigenvalue weighted by atomic mass is 9.93. The summed E-state index contributed by atoms with van der Waals surface area (Å²) in [5.74, 6) is 6.71. The van der Waals surface area contributed by atoms with Crippen molar-refractivity contribution in [2.24, 2.45) is 4.99 Å². The van der Waals surface area contributed by atoms with Crippen LogP contribution in [-0.2, 0) is 5.41 Å². The lowest BCUT2D eigenvalue weighted by Crippen LogP contribution is -2.41. The van der Waals surface area contributed by atoms with Crippen LogP contribution in [-0.4, -0.2) is 27.3 Å². The van der Waals surface area contributed by atoms with Gasteiger partial charge in [-0.2, -0.15) is 4.68 Å². The zero-order valence-corrected chi connectivity index (χ0v) is 11.4. The highest BCUT2D eigenvalue weighted by atomic mass is 16.1. The van der Waals surface area contributed by atoms with Crippen LogP contribution in [0.3, 0.4) is 0 Å². The van der Waals surface area contributed by atoms with Crippen LogP contribution in [0.2, 0.25) is 0 Å². The standard InChI is InChI=1S/C11H19N7O/c1-11(2,3)8-9(19)18(12)10(17-15-8)16-14-7-5-4-6-13-7/h4-6,12H2,1-3H3,(H,13,14)(H,16,17). The number of aromatic nitrogens is 3. The first-order valence-corrected chi connectivity index (χ1v) is 6.20. The van der Waals surface area contributed by atoms with Gasteiger partial charge in [-0.3, -0.25) is 20.6 Å². The molecular formula is C11H19N7O. The molecule has 1 aliphatic heterocycles. The van der Waals surface area contributed by atoms with Gasteiger partial charge in [0.25, 0.3) is 11.5 Å². The van der Waals surface area contributed by atoms with Gasteiger partial charge in [-0.05, 0) is 6.42 Å². The Morgan fingerprint density at radius 2 is 2.00 bits per heavy atom. The van der Waals surface area contributed by atoms with Gasteiger partial charge in [0.15, 0.2) is 0 Å². The van der Waals surface area contributed by atoms with Gasteiger partial charge in [0.05, 0.1) is 0 Å². The molecule has 0 aliphatic carbocycles. The van der Waals surface area contributed by atoms with Crippen LogP contribution >= 0.6 is 0 Å².